The van der Waals surface area contributed by atoms with Gasteiger partial charge in [0.25, 0.3) is 0 Å². The van der Waals surface area contributed by atoms with E-state index in [-0.39, 0.29) is 63.7 Å². The van der Waals surface area contributed by atoms with Crippen LogP contribution in [0.15, 0.2) is 0 Å². The van der Waals surface area contributed by atoms with Crippen molar-refractivity contribution in [3.63, 3.8) is 0 Å². The maximum absolute atomic E-state index is 0. The molecule has 5 heteroatoms. The Balaban J connectivity index is 0. The van der Waals surface area contributed by atoms with Gasteiger partial charge in [0.1, 0.15) is 0 Å². The van der Waals surface area contributed by atoms with Gasteiger partial charge in [-0.15, -0.1) is 0 Å². The van der Waals surface area contributed by atoms with Crippen LogP contribution in [0.4, 0.5) is 0 Å². The molecule has 0 fully saturated rings. The normalized spacial score (nSPS) is 0. The first kappa shape index (κ1) is 114. The third kappa shape index (κ3) is 36.5. The molecule has 0 atom stereocenters. The van der Waals surface area contributed by atoms with Crippen molar-refractivity contribution in [3.05, 3.63) is 0 Å². The Bertz CT molecular complexity index is 3.61. The van der Waals surface area contributed by atoms with Gasteiger partial charge in [-0.25, -0.2) is 0 Å². The summed E-state index contributed by atoms with van der Waals surface area (Å²) in [5.41, 5.74) is 0. The van der Waals surface area contributed by atoms with E-state index < -0.39 is 0 Å². The van der Waals surface area contributed by atoms with Crippen molar-refractivity contribution in [2.75, 3.05) is 0 Å². The summed E-state index contributed by atoms with van der Waals surface area (Å²) >= 11 is 0. The van der Waals surface area contributed by atoms with Crippen LogP contribution in [0.5, 0.6) is 0 Å². The first-order chi connectivity index (χ1) is 0. The Kier molecular flexibility index (Phi) is 1430. The molecule has 0 aromatic heterocycles. The second kappa shape index (κ2) is 62.7. The van der Waals surface area contributed by atoms with E-state index in [0.717, 1.165) is 0 Å². The Morgan fingerprint density at radius 3 is 0.400 bits per heavy atom. The number of rotatable bonds is 0. The van der Waals surface area contributed by atoms with Gasteiger partial charge in [0, 0.05) is 0 Å². The summed E-state index contributed by atoms with van der Waals surface area (Å²) in [6.07, 6.45) is 0. The molecule has 0 bridgehead atoms. The minimum atomic E-state index is 0. The molecule has 0 saturated heterocycles. The molecule has 0 saturated carbocycles. The minimum Gasteiger partial charge on any atom is -0.870 e. The van der Waals surface area contributed by atoms with Gasteiger partial charge in [0.05, 0.1) is 0 Å². The smallest absolute Gasteiger partial charge is 0.870 e. The van der Waals surface area contributed by atoms with E-state index in [0.29, 0.717) is 0 Å². The monoisotopic (exact) mass is 208 g/mol. The van der Waals surface area contributed by atoms with Crippen molar-refractivity contribution < 1.29 is 63.7 Å². The average molecular weight is 208 g/mol. The molecule has 0 amide bonds. The first-order valence-electron chi connectivity index (χ1n) is 0. The largest absolute Gasteiger partial charge is 4.00 e. The van der Waals surface area contributed by atoms with Crippen molar-refractivity contribution in [3.8, 4) is 0 Å². The van der Waals surface area contributed by atoms with Crippen LogP contribution in [-0.4, -0.2) is 21.9 Å². The minimum absolute atomic E-state index is 0. The number of hydrogen-bond acceptors (Lipinski definition) is 4. The fourth-order valence-electron chi connectivity index (χ4n) is 0. The zero-order valence-corrected chi connectivity index (χ0v) is 5.43. The van der Waals surface area contributed by atoms with Crippen LogP contribution in [0.25, 0.3) is 0 Å². The first-order valence-corrected chi connectivity index (χ1v) is 0. The van der Waals surface area contributed by atoms with E-state index in [4.69, 9.17) is 0 Å². The molecule has 0 aliphatic carbocycles. The van der Waals surface area contributed by atoms with Gasteiger partial charge in [-0.1, -0.05) is 0 Å². The molecule has 4 N–H and O–H groups in total. The van der Waals surface area contributed by atoms with Crippen molar-refractivity contribution in [1.29, 1.82) is 0 Å². The Hall–Kier alpha value is 1.22. The molecule has 0 aliphatic rings. The van der Waals surface area contributed by atoms with E-state index in [1.54, 1.807) is 0 Å². The van der Waals surface area contributed by atoms with Gasteiger partial charge in [0.2, 0.25) is 0 Å². The van der Waals surface area contributed by atoms with Crippen molar-refractivity contribution in [2.24, 2.45) is 0 Å². The summed E-state index contributed by atoms with van der Waals surface area (Å²) < 4.78 is 0. The van der Waals surface area contributed by atoms with Crippen molar-refractivity contribution >= 4 is 0 Å². The summed E-state index contributed by atoms with van der Waals surface area (Å²) in [4.78, 5) is 0. The Morgan fingerprint density at radius 1 is 0.400 bits per heavy atom. The molecule has 4 nitrogen and oxygen atoms in total. The molecule has 0 unspecified atom stereocenters. The second-order valence-electron chi connectivity index (χ2n) is 0. The van der Waals surface area contributed by atoms with Gasteiger partial charge in [0.15, 0.2) is 0 Å². The molecular formula is H4CeO4. The molecule has 0 aromatic rings. The van der Waals surface area contributed by atoms with Gasteiger partial charge < -0.3 is 21.9 Å². The standard InChI is InChI=1S/Ce.4H2O/h;4*1H2/q+4;;;;/p-4. The summed E-state index contributed by atoms with van der Waals surface area (Å²) in [7, 11) is 0. The van der Waals surface area contributed by atoms with E-state index in [9.17, 15) is 0 Å². The van der Waals surface area contributed by atoms with Gasteiger partial charge >= 0.3 is 41.7 Å². The van der Waals surface area contributed by atoms with E-state index in [1.807, 2.05) is 0 Å². The molecule has 32 valence electrons. The molecule has 0 aliphatic heterocycles. The predicted molar refractivity (Wildman–Crippen MR) is 7.74 cm³/mol. The van der Waals surface area contributed by atoms with Crippen LogP contribution in [0.1, 0.15) is 0 Å². The predicted octanol–water partition coefficient (Wildman–Crippen LogP) is -0.707. The zero-order valence-electron chi connectivity index (χ0n) is 2.29. The molecule has 5 heavy (non-hydrogen) atoms. The maximum Gasteiger partial charge on any atom is 4.00 e. The topological polar surface area (TPSA) is 120 Å². The SMILES string of the molecule is [Ce+4].[OH-].[OH-].[OH-].[OH-]. The molecule has 0 radical (unpaired) electrons. The van der Waals surface area contributed by atoms with Crippen molar-refractivity contribution in [1.82, 2.24) is 0 Å². The van der Waals surface area contributed by atoms with E-state index in [2.05, 4.69) is 0 Å². The average Bonchev–Trinajstić information content (AvgIpc) is 0. The van der Waals surface area contributed by atoms with Gasteiger partial charge in [-0.3, -0.25) is 0 Å². The van der Waals surface area contributed by atoms with Crippen molar-refractivity contribution in [2.45, 2.75) is 0 Å². The Labute approximate surface area is 63.2 Å². The molecule has 0 spiro atoms. The van der Waals surface area contributed by atoms with Crippen LogP contribution in [0.3, 0.4) is 0 Å². The van der Waals surface area contributed by atoms with Gasteiger partial charge in [-0.05, 0) is 0 Å². The summed E-state index contributed by atoms with van der Waals surface area (Å²) in [5.74, 6) is 0. The number of hydrogen-bond donors (Lipinski definition) is 0. The van der Waals surface area contributed by atoms with Crippen LogP contribution >= 0.6 is 0 Å². The molecule has 0 heterocycles. The van der Waals surface area contributed by atoms with Crippen LogP contribution in [0.2, 0.25) is 0 Å². The van der Waals surface area contributed by atoms with Crippen LogP contribution in [-0.2, 0) is 0 Å². The van der Waals surface area contributed by atoms with Crippen LogP contribution < -0.4 is 0 Å². The maximum atomic E-state index is 0. The second-order valence-corrected chi connectivity index (χ2v) is 0. The molecular weight excluding hydrogens is 204 g/mol. The van der Waals surface area contributed by atoms with Crippen LogP contribution in [0, 0.1) is 41.7 Å². The zero-order chi connectivity index (χ0) is 0. The third-order valence-corrected chi connectivity index (χ3v) is 0. The van der Waals surface area contributed by atoms with E-state index in [1.165, 1.54) is 0 Å². The fraction of sp³-hybridized carbons (Fsp3) is 0. The quantitative estimate of drug-likeness (QED) is 0.522. The fourth-order valence-corrected chi connectivity index (χ4v) is 0. The van der Waals surface area contributed by atoms with Gasteiger partial charge in [-0.2, -0.15) is 0 Å². The van der Waals surface area contributed by atoms with E-state index >= 15 is 0 Å². The summed E-state index contributed by atoms with van der Waals surface area (Å²) in [5, 5.41) is 0. The Morgan fingerprint density at radius 2 is 0.400 bits per heavy atom. The third-order valence-electron chi connectivity index (χ3n) is 0. The summed E-state index contributed by atoms with van der Waals surface area (Å²) in [6, 6.07) is 0. The molecule has 0 aromatic carbocycles. The molecule has 0 rings (SSSR count). The summed E-state index contributed by atoms with van der Waals surface area (Å²) in [6.45, 7) is 0.